The summed E-state index contributed by atoms with van der Waals surface area (Å²) in [7, 11) is 4.43. The third kappa shape index (κ3) is 4.68. The highest BCUT2D eigenvalue weighted by molar-refractivity contribution is 8.01. The Kier molecular flexibility index (Phi) is 7.24. The number of likely N-dealkylation sites (N-methyl/N-ethyl adjacent to an activating group) is 2. The Morgan fingerprint density at radius 3 is 2.67 bits per heavy atom. The lowest BCUT2D eigenvalue weighted by molar-refractivity contribution is 0.269. The van der Waals surface area contributed by atoms with E-state index in [1.54, 1.807) is 0 Å². The van der Waals surface area contributed by atoms with Crippen LogP contribution in [0.3, 0.4) is 0 Å². The van der Waals surface area contributed by atoms with Gasteiger partial charge in [0, 0.05) is 76.3 Å². The van der Waals surface area contributed by atoms with Crippen LogP contribution in [0.5, 0.6) is 0 Å². The molecule has 0 spiro atoms. The summed E-state index contributed by atoms with van der Waals surface area (Å²) in [5.41, 5.74) is 9.77. The zero-order chi connectivity index (χ0) is 33.2. The van der Waals surface area contributed by atoms with E-state index in [4.69, 9.17) is 4.42 Å². The molecule has 2 aromatic heterocycles. The molecule has 0 N–H and O–H groups in total. The van der Waals surface area contributed by atoms with E-state index in [1.807, 2.05) is 11.9 Å². The predicted octanol–water partition coefficient (Wildman–Crippen LogP) is 8.99. The molecule has 2 unspecified atom stereocenters. The van der Waals surface area contributed by atoms with Gasteiger partial charge in [0.25, 0.3) is 0 Å². The Bertz CT molecular complexity index is 2440. The summed E-state index contributed by atoms with van der Waals surface area (Å²) in [6.45, 7) is 5.27. The summed E-state index contributed by atoms with van der Waals surface area (Å²) in [6, 6.07) is 22.5. The van der Waals surface area contributed by atoms with E-state index in [9.17, 15) is 0 Å². The van der Waals surface area contributed by atoms with Gasteiger partial charge < -0.3 is 18.8 Å². The highest BCUT2D eigenvalue weighted by Gasteiger charge is 2.33. The number of benzene rings is 3. The molecule has 5 heterocycles. The van der Waals surface area contributed by atoms with Crippen molar-refractivity contribution < 1.29 is 4.42 Å². The molecule has 5 nitrogen and oxygen atoms in total. The van der Waals surface area contributed by atoms with E-state index >= 15 is 0 Å². The molecule has 0 saturated heterocycles. The Balaban J connectivity index is 1.23. The monoisotopic (exact) mass is 660 g/mol. The summed E-state index contributed by atoms with van der Waals surface area (Å²) in [6.07, 6.45) is 24.5. The average molecular weight is 661 g/mol. The van der Waals surface area contributed by atoms with Gasteiger partial charge >= 0.3 is 0 Å². The van der Waals surface area contributed by atoms with Crippen LogP contribution < -0.4 is 14.9 Å². The molecule has 3 aliphatic heterocycles. The first-order chi connectivity index (χ1) is 24.0. The van der Waals surface area contributed by atoms with Gasteiger partial charge in [-0.3, -0.25) is 4.31 Å². The van der Waals surface area contributed by atoms with Gasteiger partial charge in [-0.15, -0.1) is 0 Å². The van der Waals surface area contributed by atoms with E-state index in [1.165, 1.54) is 65.8 Å². The van der Waals surface area contributed by atoms with Crippen molar-refractivity contribution in [2.75, 3.05) is 24.9 Å². The molecule has 2 atom stereocenters. The van der Waals surface area contributed by atoms with Crippen molar-refractivity contribution in [1.82, 2.24) is 14.4 Å². The van der Waals surface area contributed by atoms with Crippen LogP contribution >= 0.6 is 11.9 Å². The van der Waals surface area contributed by atoms with E-state index in [0.29, 0.717) is 0 Å². The van der Waals surface area contributed by atoms with Gasteiger partial charge in [-0.2, -0.15) is 0 Å². The summed E-state index contributed by atoms with van der Waals surface area (Å²) >= 11 is 1.81. The smallest absolute Gasteiger partial charge is 0.130 e. The molecule has 0 radical (unpaired) electrons. The normalized spacial score (nSPS) is 19.8. The highest BCUT2D eigenvalue weighted by Crippen LogP contribution is 2.53. The minimum Gasteiger partial charge on any atom is -0.461 e. The maximum absolute atomic E-state index is 6.31. The molecule has 0 saturated carbocycles. The molecular weight excluding hydrogens is 621 g/mol. The second-order valence-corrected chi connectivity index (χ2v) is 14.3. The number of para-hydroxylation sites is 1. The van der Waals surface area contributed by atoms with Crippen molar-refractivity contribution in [2.45, 2.75) is 37.8 Å². The van der Waals surface area contributed by atoms with Crippen molar-refractivity contribution in [3.05, 3.63) is 137 Å². The number of furan rings is 1. The lowest BCUT2D eigenvalue weighted by atomic mass is 9.98. The molecule has 0 bridgehead atoms. The van der Waals surface area contributed by atoms with Crippen molar-refractivity contribution in [3.8, 4) is 11.1 Å². The van der Waals surface area contributed by atoms with Gasteiger partial charge in [-0.05, 0) is 67.8 Å². The lowest BCUT2D eigenvalue weighted by Gasteiger charge is -2.39. The fraction of sp³-hybridized carbons (Fsp3) is 0.209. The number of anilines is 1. The van der Waals surface area contributed by atoms with Gasteiger partial charge in [0.1, 0.15) is 23.2 Å². The molecule has 244 valence electrons. The van der Waals surface area contributed by atoms with Crippen molar-refractivity contribution in [2.24, 2.45) is 5.92 Å². The standard InChI is InChI=1S/C43H40N4OS/c1-5-37-33(30-16-7-10-20-38(30)48-37)27-28(2)34-19-14-23-41(45(34)4)46-35-18-9-6-15-29(35)31-24-25-36-42(43(31)46)32-17-8-11-21-39(32)49-47(36)40-22-12-13-26-44(40)3/h5-9,11-19,21-25,27-28,41H,10,20,26H2,1-4H3/b33-27-,37-5+. The first kappa shape index (κ1) is 30.0. The quantitative estimate of drug-likeness (QED) is 0.180. The molecular formula is C43H40N4OS. The maximum atomic E-state index is 6.31. The third-order valence-corrected chi connectivity index (χ3v) is 11.6. The number of hydrogen-bond donors (Lipinski definition) is 0. The number of rotatable bonds is 4. The highest BCUT2D eigenvalue weighted by atomic mass is 32.2. The zero-order valence-corrected chi connectivity index (χ0v) is 29.2. The minimum atomic E-state index is -0.0187. The van der Waals surface area contributed by atoms with Crippen LogP contribution in [0.25, 0.3) is 51.2 Å². The fourth-order valence-corrected chi connectivity index (χ4v) is 9.24. The van der Waals surface area contributed by atoms with Gasteiger partial charge in [-0.25, -0.2) is 0 Å². The number of hydrogen-bond acceptors (Lipinski definition) is 5. The zero-order valence-electron chi connectivity index (χ0n) is 28.4. The summed E-state index contributed by atoms with van der Waals surface area (Å²) in [5.74, 6) is 2.46. The topological polar surface area (TPSA) is 27.8 Å². The van der Waals surface area contributed by atoms with Crippen LogP contribution in [0.4, 0.5) is 5.69 Å². The van der Waals surface area contributed by atoms with Gasteiger partial charge in [0.2, 0.25) is 0 Å². The Hall–Kier alpha value is -5.07. The van der Waals surface area contributed by atoms with Crippen LogP contribution in [-0.2, 0) is 6.42 Å². The van der Waals surface area contributed by atoms with Gasteiger partial charge in [-0.1, -0.05) is 85.8 Å². The van der Waals surface area contributed by atoms with Crippen molar-refractivity contribution in [1.29, 1.82) is 0 Å². The number of fused-ring (bicyclic) bond motifs is 8. The van der Waals surface area contributed by atoms with E-state index < -0.39 is 0 Å². The van der Waals surface area contributed by atoms with Crippen LogP contribution in [0.2, 0.25) is 0 Å². The molecule has 6 heteroatoms. The predicted molar refractivity (Wildman–Crippen MR) is 206 cm³/mol. The Morgan fingerprint density at radius 1 is 0.939 bits per heavy atom. The van der Waals surface area contributed by atoms with E-state index in [0.717, 1.165) is 30.6 Å². The SMILES string of the molecule is C/C=c1/oc2c(/c1=C/C(C)C1=CC=CC(n3c4ccccc4c4ccc5c(c43)-c3ccccc3SN5C3=CC=CCN3C)N1C)C=CCC2. The third-order valence-electron chi connectivity index (χ3n) is 10.5. The molecule has 3 aromatic carbocycles. The van der Waals surface area contributed by atoms with Crippen molar-refractivity contribution >= 4 is 57.7 Å². The van der Waals surface area contributed by atoms with Crippen molar-refractivity contribution in [3.63, 3.8) is 0 Å². The summed E-state index contributed by atoms with van der Waals surface area (Å²) in [4.78, 5) is 6.06. The summed E-state index contributed by atoms with van der Waals surface area (Å²) in [5, 5.41) is 3.76. The fourth-order valence-electron chi connectivity index (χ4n) is 8.09. The second-order valence-electron chi connectivity index (χ2n) is 13.4. The number of aromatic nitrogens is 1. The molecule has 5 aromatic rings. The maximum Gasteiger partial charge on any atom is 0.130 e. The number of aryl methyl sites for hydroxylation is 1. The van der Waals surface area contributed by atoms with E-state index in [-0.39, 0.29) is 12.1 Å². The lowest BCUT2D eigenvalue weighted by Crippen LogP contribution is -2.33. The van der Waals surface area contributed by atoms with Crippen LogP contribution in [0.15, 0.2) is 124 Å². The Labute approximate surface area is 291 Å². The Morgan fingerprint density at radius 2 is 1.80 bits per heavy atom. The van der Waals surface area contributed by atoms with Crippen LogP contribution in [0, 0.1) is 5.92 Å². The van der Waals surface area contributed by atoms with Crippen LogP contribution in [0.1, 0.15) is 37.8 Å². The van der Waals surface area contributed by atoms with Gasteiger partial charge in [0.05, 0.1) is 16.7 Å². The first-order valence-corrected chi connectivity index (χ1v) is 18.1. The molecule has 9 rings (SSSR count). The van der Waals surface area contributed by atoms with Gasteiger partial charge in [0.15, 0.2) is 0 Å². The first-order valence-electron chi connectivity index (χ1n) is 17.3. The molecule has 4 aliphatic rings. The second kappa shape index (κ2) is 11.8. The molecule has 49 heavy (non-hydrogen) atoms. The average Bonchev–Trinajstić information content (AvgIpc) is 3.66. The molecule has 0 fully saturated rings. The molecule has 0 amide bonds. The number of allylic oxidation sites excluding steroid dienone is 6. The largest absolute Gasteiger partial charge is 0.461 e. The van der Waals surface area contributed by atoms with Crippen LogP contribution in [-0.4, -0.2) is 35.0 Å². The molecule has 1 aliphatic carbocycles. The number of nitrogens with zero attached hydrogens (tertiary/aromatic N) is 4. The summed E-state index contributed by atoms with van der Waals surface area (Å²) < 4.78 is 11.3. The van der Waals surface area contributed by atoms with E-state index in [2.05, 4.69) is 168 Å². The minimum absolute atomic E-state index is 0.0187.